The van der Waals surface area contributed by atoms with Crippen molar-refractivity contribution in [2.24, 2.45) is 4.99 Å². The zero-order valence-electron chi connectivity index (χ0n) is 10.1. The predicted octanol–water partition coefficient (Wildman–Crippen LogP) is 2.37. The van der Waals surface area contributed by atoms with Crippen molar-refractivity contribution in [3.8, 4) is 5.75 Å². The van der Waals surface area contributed by atoms with Crippen LogP contribution in [0.2, 0.25) is 0 Å². The lowest BCUT2D eigenvalue weighted by Gasteiger charge is -2.06. The monoisotopic (exact) mass is 235 g/mol. The Morgan fingerprint density at radius 1 is 1.35 bits per heavy atom. The molecule has 0 aromatic heterocycles. The quantitative estimate of drug-likeness (QED) is 0.608. The third-order valence-corrected chi connectivity index (χ3v) is 2.41. The molecule has 4 heteroatoms. The molecule has 0 spiro atoms. The minimum Gasteiger partial charge on any atom is -0.494 e. The van der Waals surface area contributed by atoms with E-state index in [1.54, 1.807) is 7.05 Å². The first kappa shape index (κ1) is 13.2. The summed E-state index contributed by atoms with van der Waals surface area (Å²) in [4.78, 5) is 14.4. The molecule has 0 aliphatic carbocycles. The number of hydrogen-bond donors (Lipinski definition) is 1. The number of hydrogen-bond acceptors (Lipinski definition) is 3. The maximum Gasteiger partial charge on any atom is 0.303 e. The van der Waals surface area contributed by atoms with Crippen LogP contribution in [0.15, 0.2) is 29.3 Å². The highest BCUT2D eigenvalue weighted by atomic mass is 16.5. The number of nitrogens with zero attached hydrogens (tertiary/aromatic N) is 1. The van der Waals surface area contributed by atoms with Crippen LogP contribution < -0.4 is 4.74 Å². The summed E-state index contributed by atoms with van der Waals surface area (Å²) in [6.45, 7) is 2.37. The summed E-state index contributed by atoms with van der Waals surface area (Å²) in [6, 6.07) is 7.61. The van der Waals surface area contributed by atoms with E-state index >= 15 is 0 Å². The number of aliphatic carboxylic acids is 1. The Morgan fingerprint density at radius 3 is 2.53 bits per heavy atom. The van der Waals surface area contributed by atoms with Crippen LogP contribution in [-0.4, -0.2) is 30.4 Å². The lowest BCUT2D eigenvalue weighted by Crippen LogP contribution is -2.02. The molecule has 1 aromatic rings. The van der Waals surface area contributed by atoms with Crippen molar-refractivity contribution in [1.29, 1.82) is 0 Å². The van der Waals surface area contributed by atoms with Crippen molar-refractivity contribution < 1.29 is 14.6 Å². The summed E-state index contributed by atoms with van der Waals surface area (Å²) in [6.07, 6.45) is 0.659. The molecule has 92 valence electrons. The van der Waals surface area contributed by atoms with Crippen LogP contribution in [0.4, 0.5) is 0 Å². The molecule has 0 aliphatic heterocycles. The predicted molar refractivity (Wildman–Crippen MR) is 66.9 cm³/mol. The Hall–Kier alpha value is -1.84. The fraction of sp³-hybridized carbons (Fsp3) is 0.385. The number of rotatable bonds is 6. The minimum atomic E-state index is -0.793. The maximum absolute atomic E-state index is 10.3. The van der Waals surface area contributed by atoms with E-state index in [4.69, 9.17) is 9.84 Å². The van der Waals surface area contributed by atoms with E-state index < -0.39 is 5.97 Å². The van der Waals surface area contributed by atoms with Gasteiger partial charge in [0, 0.05) is 19.2 Å². The van der Waals surface area contributed by atoms with Crippen LogP contribution in [0.3, 0.4) is 0 Å². The Labute approximate surface area is 101 Å². The molecule has 0 saturated heterocycles. The van der Waals surface area contributed by atoms with Gasteiger partial charge in [0.2, 0.25) is 0 Å². The molecule has 1 N–H and O–H groups in total. The van der Waals surface area contributed by atoms with Crippen molar-refractivity contribution in [2.75, 3.05) is 13.7 Å². The van der Waals surface area contributed by atoms with E-state index in [9.17, 15) is 4.79 Å². The van der Waals surface area contributed by atoms with Gasteiger partial charge in [0.05, 0.1) is 6.61 Å². The van der Waals surface area contributed by atoms with Crippen molar-refractivity contribution in [2.45, 2.75) is 19.8 Å². The third-order valence-electron chi connectivity index (χ3n) is 2.41. The zero-order chi connectivity index (χ0) is 12.7. The van der Waals surface area contributed by atoms with Gasteiger partial charge in [-0.1, -0.05) is 0 Å². The molecular formula is C13H17NO3. The van der Waals surface area contributed by atoms with E-state index in [0.717, 1.165) is 17.0 Å². The van der Waals surface area contributed by atoms with Crippen molar-refractivity contribution in [3.05, 3.63) is 29.8 Å². The Balaban J connectivity index is 2.43. The van der Waals surface area contributed by atoms with Gasteiger partial charge in [0.15, 0.2) is 0 Å². The second-order valence-electron chi connectivity index (χ2n) is 3.68. The first-order valence-corrected chi connectivity index (χ1v) is 5.52. The highest BCUT2D eigenvalue weighted by molar-refractivity contribution is 5.98. The summed E-state index contributed by atoms with van der Waals surface area (Å²) >= 11 is 0. The SMILES string of the molecule is CN=C(C)c1ccc(OCCCC(=O)O)cc1. The summed E-state index contributed by atoms with van der Waals surface area (Å²) in [5, 5.41) is 8.47. The summed E-state index contributed by atoms with van der Waals surface area (Å²) < 4.78 is 5.42. The summed E-state index contributed by atoms with van der Waals surface area (Å²) in [5.74, 6) is -0.0400. The van der Waals surface area contributed by atoms with Gasteiger partial charge in [-0.3, -0.25) is 9.79 Å². The van der Waals surface area contributed by atoms with E-state index in [1.165, 1.54) is 0 Å². The summed E-state index contributed by atoms with van der Waals surface area (Å²) in [5.41, 5.74) is 2.04. The van der Waals surface area contributed by atoms with Crippen LogP contribution >= 0.6 is 0 Å². The number of ether oxygens (including phenoxy) is 1. The molecule has 0 bridgehead atoms. The largest absolute Gasteiger partial charge is 0.494 e. The first-order chi connectivity index (χ1) is 8.13. The van der Waals surface area contributed by atoms with Gasteiger partial charge in [-0.05, 0) is 43.2 Å². The van der Waals surface area contributed by atoms with Crippen LogP contribution in [-0.2, 0) is 4.79 Å². The fourth-order valence-electron chi connectivity index (χ4n) is 1.33. The molecular weight excluding hydrogens is 218 g/mol. The lowest BCUT2D eigenvalue weighted by molar-refractivity contribution is -0.137. The molecule has 0 unspecified atom stereocenters. The van der Waals surface area contributed by atoms with Crippen LogP contribution in [0.5, 0.6) is 5.75 Å². The van der Waals surface area contributed by atoms with Crippen molar-refractivity contribution in [1.82, 2.24) is 0 Å². The van der Waals surface area contributed by atoms with Crippen LogP contribution in [0.25, 0.3) is 0 Å². The normalized spacial score (nSPS) is 11.3. The lowest BCUT2D eigenvalue weighted by atomic mass is 10.1. The minimum absolute atomic E-state index is 0.139. The van der Waals surface area contributed by atoms with Gasteiger partial charge in [-0.15, -0.1) is 0 Å². The molecule has 4 nitrogen and oxygen atoms in total. The molecule has 1 aromatic carbocycles. The average Bonchev–Trinajstić information content (AvgIpc) is 2.34. The topological polar surface area (TPSA) is 58.9 Å². The second kappa shape index (κ2) is 6.68. The number of aliphatic imine (C=N–C) groups is 1. The average molecular weight is 235 g/mol. The second-order valence-corrected chi connectivity index (χ2v) is 3.68. The molecule has 0 aliphatic rings. The molecule has 17 heavy (non-hydrogen) atoms. The number of carbonyl (C=O) groups is 1. The molecule has 0 radical (unpaired) electrons. The molecule has 0 amide bonds. The maximum atomic E-state index is 10.3. The van der Waals surface area contributed by atoms with Crippen molar-refractivity contribution in [3.63, 3.8) is 0 Å². The van der Waals surface area contributed by atoms with E-state index in [0.29, 0.717) is 13.0 Å². The molecule has 0 atom stereocenters. The highest BCUT2D eigenvalue weighted by Crippen LogP contribution is 2.13. The third kappa shape index (κ3) is 4.68. The van der Waals surface area contributed by atoms with Gasteiger partial charge in [-0.25, -0.2) is 0 Å². The number of carboxylic acids is 1. The Morgan fingerprint density at radius 2 is 2.00 bits per heavy atom. The Kier molecular flexibility index (Phi) is 5.20. The van der Waals surface area contributed by atoms with Gasteiger partial charge in [0.1, 0.15) is 5.75 Å². The van der Waals surface area contributed by atoms with Crippen LogP contribution in [0, 0.1) is 0 Å². The molecule has 1 rings (SSSR count). The van der Waals surface area contributed by atoms with E-state index in [1.807, 2.05) is 31.2 Å². The van der Waals surface area contributed by atoms with Gasteiger partial charge < -0.3 is 9.84 Å². The van der Waals surface area contributed by atoms with Crippen molar-refractivity contribution >= 4 is 11.7 Å². The molecule has 0 fully saturated rings. The fourth-order valence-corrected chi connectivity index (χ4v) is 1.33. The van der Waals surface area contributed by atoms with E-state index in [-0.39, 0.29) is 6.42 Å². The van der Waals surface area contributed by atoms with Gasteiger partial charge in [-0.2, -0.15) is 0 Å². The van der Waals surface area contributed by atoms with Gasteiger partial charge >= 0.3 is 5.97 Å². The zero-order valence-corrected chi connectivity index (χ0v) is 10.1. The summed E-state index contributed by atoms with van der Waals surface area (Å²) in [7, 11) is 1.76. The highest BCUT2D eigenvalue weighted by Gasteiger charge is 1.99. The molecule has 0 heterocycles. The smallest absolute Gasteiger partial charge is 0.303 e. The van der Waals surface area contributed by atoms with Gasteiger partial charge in [0.25, 0.3) is 0 Å². The number of carboxylic acid groups (broad SMARTS) is 1. The molecule has 0 saturated carbocycles. The number of benzene rings is 1. The van der Waals surface area contributed by atoms with Crippen LogP contribution in [0.1, 0.15) is 25.3 Å². The first-order valence-electron chi connectivity index (χ1n) is 5.52. The van der Waals surface area contributed by atoms with E-state index in [2.05, 4.69) is 4.99 Å². The standard InChI is InChI=1S/C13H17NO3/c1-10(14-2)11-5-7-12(8-6-11)17-9-3-4-13(15)16/h5-8H,3-4,9H2,1-2H3,(H,15,16). The Bertz CT molecular complexity index is 396.